The lowest BCUT2D eigenvalue weighted by Crippen LogP contribution is -2.28. The van der Waals surface area contributed by atoms with E-state index in [9.17, 15) is 0 Å². The Kier molecular flexibility index (Phi) is 7.29. The van der Waals surface area contributed by atoms with Crippen LogP contribution in [0.2, 0.25) is 0 Å². The average molecular weight is 719 g/mol. The van der Waals surface area contributed by atoms with E-state index in [0.717, 1.165) is 17.2 Å². The summed E-state index contributed by atoms with van der Waals surface area (Å²) in [5.41, 5.74) is 11.6. The van der Waals surface area contributed by atoms with E-state index in [2.05, 4.69) is 205 Å². The van der Waals surface area contributed by atoms with Crippen LogP contribution in [0.15, 0.2) is 206 Å². The zero-order valence-corrected chi connectivity index (χ0v) is 30.7. The first-order valence-electron chi connectivity index (χ1n) is 18.8. The van der Waals surface area contributed by atoms with Crippen molar-refractivity contribution in [3.63, 3.8) is 0 Å². The van der Waals surface area contributed by atoms with E-state index in [1.807, 2.05) is 17.5 Å². The topological polar surface area (TPSA) is 16.1 Å². The number of rotatable bonds is 6. The molecule has 0 unspecified atom stereocenters. The van der Waals surface area contributed by atoms with E-state index >= 15 is 0 Å². The van der Waals surface area contributed by atoms with Crippen LogP contribution in [0.4, 0.5) is 17.2 Å². The van der Waals surface area contributed by atoms with Crippen LogP contribution in [0.5, 0.6) is 0 Å². The average Bonchev–Trinajstić information content (AvgIpc) is 3.77. The van der Waals surface area contributed by atoms with Gasteiger partial charge in [0, 0.05) is 37.7 Å². The van der Waals surface area contributed by atoms with Gasteiger partial charge in [-0.3, -0.25) is 4.90 Å². The SMILES string of the molecule is c1ccc(-c2ccc(N(c3ccc4c(c3)-c3ccccc3C4(c3ccccc3)c3ccccc3)c3nccc4sc5cc6ccccc6cc5c34)cc2)cc1. The van der Waals surface area contributed by atoms with Crippen molar-refractivity contribution in [3.8, 4) is 22.3 Å². The van der Waals surface area contributed by atoms with Crippen LogP contribution in [0.3, 0.4) is 0 Å². The molecule has 8 aromatic carbocycles. The Morgan fingerprint density at radius 3 is 1.75 bits per heavy atom. The molecule has 0 amide bonds. The number of hydrogen-bond donors (Lipinski definition) is 0. The second kappa shape index (κ2) is 12.7. The fourth-order valence-electron chi connectivity index (χ4n) is 8.96. The smallest absolute Gasteiger partial charge is 0.146 e. The molecule has 0 bridgehead atoms. The van der Waals surface area contributed by atoms with Crippen molar-refractivity contribution in [3.05, 3.63) is 229 Å². The lowest BCUT2D eigenvalue weighted by molar-refractivity contribution is 0.768. The molecular formula is C52H34N2S. The first-order valence-corrected chi connectivity index (χ1v) is 19.6. The number of anilines is 3. The Hall–Kier alpha value is -6.81. The minimum atomic E-state index is -0.460. The number of pyridine rings is 1. The number of thiophene rings is 1. The standard InChI is InChI=1S/C52H34N2S/c1-4-14-35(15-5-1)36-24-26-41(27-25-36)54(51-50-45-32-37-16-10-11-17-38(37)33-49(45)55-48(50)30-31-53-51)42-28-29-47-44(34-42)43-22-12-13-23-46(43)52(47,39-18-6-2-7-19-39)40-20-8-3-9-21-40/h1-34H. The van der Waals surface area contributed by atoms with Gasteiger partial charge >= 0.3 is 0 Å². The monoisotopic (exact) mass is 718 g/mol. The maximum absolute atomic E-state index is 5.24. The molecule has 1 aliphatic carbocycles. The first-order chi connectivity index (χ1) is 27.3. The zero-order chi connectivity index (χ0) is 36.3. The van der Waals surface area contributed by atoms with Crippen molar-refractivity contribution < 1.29 is 0 Å². The molecular weight excluding hydrogens is 685 g/mol. The van der Waals surface area contributed by atoms with Gasteiger partial charge in [0.1, 0.15) is 5.82 Å². The van der Waals surface area contributed by atoms with Gasteiger partial charge in [-0.25, -0.2) is 4.98 Å². The molecule has 0 saturated heterocycles. The second-order valence-corrected chi connectivity index (χ2v) is 15.4. The van der Waals surface area contributed by atoms with E-state index < -0.39 is 5.41 Å². The van der Waals surface area contributed by atoms with Gasteiger partial charge in [0.05, 0.1) is 5.41 Å². The van der Waals surface area contributed by atoms with Crippen molar-refractivity contribution in [2.45, 2.75) is 5.41 Å². The molecule has 2 heterocycles. The number of benzene rings is 8. The van der Waals surface area contributed by atoms with Gasteiger partial charge in [-0.05, 0) is 97.7 Å². The van der Waals surface area contributed by atoms with Gasteiger partial charge in [0.2, 0.25) is 0 Å². The summed E-state index contributed by atoms with van der Waals surface area (Å²) in [5, 5.41) is 4.88. The number of nitrogens with zero attached hydrogens (tertiary/aromatic N) is 2. The minimum Gasteiger partial charge on any atom is -0.294 e. The molecule has 55 heavy (non-hydrogen) atoms. The molecule has 0 fully saturated rings. The summed E-state index contributed by atoms with van der Waals surface area (Å²) >= 11 is 1.84. The Morgan fingerprint density at radius 1 is 0.436 bits per heavy atom. The maximum Gasteiger partial charge on any atom is 0.146 e. The molecule has 0 N–H and O–H groups in total. The molecule has 0 spiro atoms. The zero-order valence-electron chi connectivity index (χ0n) is 29.9. The van der Waals surface area contributed by atoms with Crippen molar-refractivity contribution in [2.24, 2.45) is 0 Å². The van der Waals surface area contributed by atoms with Crippen molar-refractivity contribution >= 4 is 59.5 Å². The molecule has 10 aromatic rings. The van der Waals surface area contributed by atoms with Crippen LogP contribution < -0.4 is 4.90 Å². The molecule has 11 rings (SSSR count). The molecule has 2 aromatic heterocycles. The minimum absolute atomic E-state index is 0.460. The highest BCUT2D eigenvalue weighted by molar-refractivity contribution is 7.26. The molecule has 1 aliphatic rings. The normalized spacial score (nSPS) is 12.9. The van der Waals surface area contributed by atoms with Gasteiger partial charge in [0.15, 0.2) is 0 Å². The lowest BCUT2D eigenvalue weighted by atomic mass is 9.68. The fourth-order valence-corrected chi connectivity index (χ4v) is 10.1. The van der Waals surface area contributed by atoms with Crippen LogP contribution in [0.25, 0.3) is 53.2 Å². The number of fused-ring (bicyclic) bond motifs is 7. The van der Waals surface area contributed by atoms with Gasteiger partial charge in [-0.2, -0.15) is 0 Å². The number of aromatic nitrogens is 1. The van der Waals surface area contributed by atoms with E-state index in [4.69, 9.17) is 4.98 Å². The van der Waals surface area contributed by atoms with Crippen LogP contribution >= 0.6 is 11.3 Å². The molecule has 2 nitrogen and oxygen atoms in total. The Labute approximate surface area is 324 Å². The van der Waals surface area contributed by atoms with Gasteiger partial charge in [-0.1, -0.05) is 158 Å². The van der Waals surface area contributed by atoms with E-state index in [-0.39, 0.29) is 0 Å². The van der Waals surface area contributed by atoms with Crippen molar-refractivity contribution in [1.29, 1.82) is 0 Å². The molecule has 0 atom stereocenters. The second-order valence-electron chi connectivity index (χ2n) is 14.3. The molecule has 258 valence electrons. The van der Waals surface area contributed by atoms with Crippen LogP contribution in [0.1, 0.15) is 22.3 Å². The Bertz CT molecular complexity index is 2980. The maximum atomic E-state index is 5.24. The molecule has 3 heteroatoms. The van der Waals surface area contributed by atoms with E-state index in [1.54, 1.807) is 0 Å². The summed E-state index contributed by atoms with van der Waals surface area (Å²) in [6, 6.07) is 73.1. The van der Waals surface area contributed by atoms with Crippen LogP contribution in [-0.2, 0) is 5.41 Å². The summed E-state index contributed by atoms with van der Waals surface area (Å²) in [6.45, 7) is 0. The summed E-state index contributed by atoms with van der Waals surface area (Å²) in [4.78, 5) is 7.60. The lowest BCUT2D eigenvalue weighted by Gasteiger charge is -2.34. The van der Waals surface area contributed by atoms with E-state index in [1.165, 1.54) is 75.5 Å². The third kappa shape index (κ3) is 4.90. The summed E-state index contributed by atoms with van der Waals surface area (Å²) < 4.78 is 2.49. The summed E-state index contributed by atoms with van der Waals surface area (Å²) in [6.07, 6.45) is 1.97. The molecule has 0 aliphatic heterocycles. The largest absolute Gasteiger partial charge is 0.294 e. The third-order valence-electron chi connectivity index (χ3n) is 11.4. The first kappa shape index (κ1) is 31.7. The van der Waals surface area contributed by atoms with Gasteiger partial charge in [-0.15, -0.1) is 11.3 Å². The van der Waals surface area contributed by atoms with Crippen LogP contribution in [-0.4, -0.2) is 4.98 Å². The highest BCUT2D eigenvalue weighted by Crippen LogP contribution is 2.57. The number of hydrogen-bond acceptors (Lipinski definition) is 3. The van der Waals surface area contributed by atoms with Gasteiger partial charge < -0.3 is 0 Å². The molecule has 0 radical (unpaired) electrons. The van der Waals surface area contributed by atoms with E-state index in [0.29, 0.717) is 0 Å². The Balaban J connectivity index is 1.18. The van der Waals surface area contributed by atoms with Gasteiger partial charge in [0.25, 0.3) is 0 Å². The molecule has 0 saturated carbocycles. The highest BCUT2D eigenvalue weighted by Gasteiger charge is 2.46. The predicted molar refractivity (Wildman–Crippen MR) is 232 cm³/mol. The van der Waals surface area contributed by atoms with Crippen LogP contribution in [0, 0.1) is 0 Å². The van der Waals surface area contributed by atoms with Crippen molar-refractivity contribution in [1.82, 2.24) is 4.98 Å². The predicted octanol–water partition coefficient (Wildman–Crippen LogP) is 14.1. The summed E-state index contributed by atoms with van der Waals surface area (Å²) in [7, 11) is 0. The fraction of sp³-hybridized carbons (Fsp3) is 0.0192. The third-order valence-corrected chi connectivity index (χ3v) is 12.5. The summed E-state index contributed by atoms with van der Waals surface area (Å²) in [5.74, 6) is 0.926. The Morgan fingerprint density at radius 2 is 1.02 bits per heavy atom. The quantitative estimate of drug-likeness (QED) is 0.170. The van der Waals surface area contributed by atoms with Crippen molar-refractivity contribution in [2.75, 3.05) is 4.90 Å². The highest BCUT2D eigenvalue weighted by atomic mass is 32.1.